The number of para-hydroxylation sites is 1. The molecule has 0 saturated heterocycles. The first-order valence-electron chi connectivity index (χ1n) is 14.2. The molecule has 4 nitrogen and oxygen atoms in total. The molecule has 0 aliphatic heterocycles. The maximum atomic E-state index is 12.4. The highest BCUT2D eigenvalue weighted by Crippen LogP contribution is 2.22. The van der Waals surface area contributed by atoms with Crippen LogP contribution in [0.5, 0.6) is 5.75 Å². The Morgan fingerprint density at radius 1 is 0.833 bits per heavy atom. The van der Waals surface area contributed by atoms with Gasteiger partial charge in [0, 0.05) is 5.56 Å². The molecule has 0 aromatic heterocycles. The summed E-state index contributed by atoms with van der Waals surface area (Å²) in [6.45, 7) is 6.15. The predicted octanol–water partition coefficient (Wildman–Crippen LogP) is 7.74. The molecule has 0 aliphatic carbocycles. The standard InChI is InChI=1S/C32H50NO3/c1-5-6-7-8-9-10-11-12-16-21-30-22-17-18-23-31(30)36-28(2)27-35-32(34)24-25-33(3,4)26-29-19-14-13-15-20-29/h13-15,17-20,22-23,28H,5-12,16,21,24-27H2,1-4H3/q+1. The summed E-state index contributed by atoms with van der Waals surface area (Å²) in [7, 11) is 4.30. The maximum Gasteiger partial charge on any atom is 0.311 e. The van der Waals surface area contributed by atoms with Crippen LogP contribution in [0.25, 0.3) is 0 Å². The average Bonchev–Trinajstić information content (AvgIpc) is 2.86. The number of aryl methyl sites for hydroxylation is 1. The number of hydrogen-bond acceptors (Lipinski definition) is 3. The van der Waals surface area contributed by atoms with Crippen molar-refractivity contribution in [1.29, 1.82) is 0 Å². The Labute approximate surface area is 220 Å². The van der Waals surface area contributed by atoms with Crippen molar-refractivity contribution in [2.24, 2.45) is 0 Å². The van der Waals surface area contributed by atoms with Gasteiger partial charge in [0.2, 0.25) is 0 Å². The molecule has 2 aromatic carbocycles. The Bertz CT molecular complexity index is 849. The van der Waals surface area contributed by atoms with Crippen LogP contribution in [0, 0.1) is 0 Å². The van der Waals surface area contributed by atoms with Crippen molar-refractivity contribution in [1.82, 2.24) is 0 Å². The van der Waals surface area contributed by atoms with Gasteiger partial charge in [-0.15, -0.1) is 0 Å². The zero-order chi connectivity index (χ0) is 26.1. The van der Waals surface area contributed by atoms with E-state index in [-0.39, 0.29) is 18.7 Å². The van der Waals surface area contributed by atoms with Crippen molar-refractivity contribution in [2.75, 3.05) is 27.2 Å². The van der Waals surface area contributed by atoms with E-state index in [0.717, 1.165) is 29.7 Å². The van der Waals surface area contributed by atoms with Crippen LogP contribution < -0.4 is 4.74 Å². The molecule has 36 heavy (non-hydrogen) atoms. The van der Waals surface area contributed by atoms with E-state index >= 15 is 0 Å². The number of hydrogen-bond donors (Lipinski definition) is 0. The van der Waals surface area contributed by atoms with Crippen molar-refractivity contribution in [3.8, 4) is 5.75 Å². The number of carbonyl (C=O) groups excluding carboxylic acids is 1. The minimum absolute atomic E-state index is 0.160. The van der Waals surface area contributed by atoms with Crippen molar-refractivity contribution in [3.63, 3.8) is 0 Å². The third kappa shape index (κ3) is 13.1. The maximum absolute atomic E-state index is 12.4. The number of nitrogens with zero attached hydrogens (tertiary/aromatic N) is 1. The summed E-state index contributed by atoms with van der Waals surface area (Å²) in [6, 6.07) is 18.7. The number of esters is 1. The Morgan fingerprint density at radius 3 is 2.14 bits per heavy atom. The molecule has 0 N–H and O–H groups in total. The molecule has 0 spiro atoms. The van der Waals surface area contributed by atoms with Gasteiger partial charge >= 0.3 is 5.97 Å². The van der Waals surface area contributed by atoms with Gasteiger partial charge < -0.3 is 14.0 Å². The van der Waals surface area contributed by atoms with Gasteiger partial charge in [0.1, 0.15) is 25.0 Å². The van der Waals surface area contributed by atoms with Crippen LogP contribution in [-0.2, 0) is 22.5 Å². The fourth-order valence-electron chi connectivity index (χ4n) is 4.54. The van der Waals surface area contributed by atoms with Crippen molar-refractivity contribution >= 4 is 5.97 Å². The molecule has 0 radical (unpaired) electrons. The lowest BCUT2D eigenvalue weighted by Gasteiger charge is -2.29. The molecular formula is C32H50NO3+. The first-order valence-corrected chi connectivity index (χ1v) is 14.2. The van der Waals surface area contributed by atoms with Gasteiger partial charge in [-0.25, -0.2) is 0 Å². The number of unbranched alkanes of at least 4 members (excludes halogenated alkanes) is 8. The lowest BCUT2D eigenvalue weighted by Crippen LogP contribution is -2.40. The monoisotopic (exact) mass is 496 g/mol. The Morgan fingerprint density at radius 2 is 1.44 bits per heavy atom. The fourth-order valence-corrected chi connectivity index (χ4v) is 4.54. The van der Waals surface area contributed by atoms with Gasteiger partial charge in [-0.3, -0.25) is 4.79 Å². The van der Waals surface area contributed by atoms with Gasteiger partial charge in [-0.05, 0) is 31.4 Å². The number of benzene rings is 2. The van der Waals surface area contributed by atoms with E-state index in [1.807, 2.05) is 25.1 Å². The molecule has 2 rings (SSSR count). The van der Waals surface area contributed by atoms with Crippen molar-refractivity contribution < 1.29 is 18.8 Å². The van der Waals surface area contributed by atoms with Crippen molar-refractivity contribution in [2.45, 2.75) is 97.1 Å². The molecule has 4 heteroatoms. The molecule has 0 amide bonds. The van der Waals surface area contributed by atoms with E-state index in [1.54, 1.807) is 0 Å². The highest BCUT2D eigenvalue weighted by atomic mass is 16.6. The molecule has 0 aliphatic rings. The van der Waals surface area contributed by atoms with E-state index in [0.29, 0.717) is 6.42 Å². The molecule has 0 heterocycles. The summed E-state index contributed by atoms with van der Waals surface area (Å²) in [5.41, 5.74) is 2.53. The third-order valence-electron chi connectivity index (χ3n) is 6.70. The van der Waals surface area contributed by atoms with Crippen molar-refractivity contribution in [3.05, 3.63) is 65.7 Å². The van der Waals surface area contributed by atoms with Gasteiger partial charge in [-0.1, -0.05) is 107 Å². The molecule has 200 valence electrons. The SMILES string of the molecule is CCCCCCCCCCCc1ccccc1OC(C)COC(=O)CC[N+](C)(C)Cc1ccccc1. The van der Waals surface area contributed by atoms with E-state index in [9.17, 15) is 4.79 Å². The first-order chi connectivity index (χ1) is 17.4. The minimum Gasteiger partial charge on any atom is -0.487 e. The summed E-state index contributed by atoms with van der Waals surface area (Å²) in [5.74, 6) is 0.758. The van der Waals surface area contributed by atoms with E-state index < -0.39 is 0 Å². The molecular weight excluding hydrogens is 446 g/mol. The largest absolute Gasteiger partial charge is 0.487 e. The Kier molecular flexibility index (Phi) is 14.3. The lowest BCUT2D eigenvalue weighted by molar-refractivity contribution is -0.903. The zero-order valence-electron chi connectivity index (χ0n) is 23.3. The van der Waals surface area contributed by atoms with Crippen LogP contribution in [0.3, 0.4) is 0 Å². The number of rotatable bonds is 19. The van der Waals surface area contributed by atoms with Crippen LogP contribution in [0.2, 0.25) is 0 Å². The number of ether oxygens (including phenoxy) is 2. The molecule has 0 fully saturated rings. The van der Waals surface area contributed by atoms with E-state index in [2.05, 4.69) is 57.4 Å². The van der Waals surface area contributed by atoms with Crippen LogP contribution in [0.4, 0.5) is 0 Å². The topological polar surface area (TPSA) is 35.5 Å². The highest BCUT2D eigenvalue weighted by Gasteiger charge is 2.19. The smallest absolute Gasteiger partial charge is 0.311 e. The summed E-state index contributed by atoms with van der Waals surface area (Å²) in [6.07, 6.45) is 13.2. The molecule has 0 bridgehead atoms. The van der Waals surface area contributed by atoms with Gasteiger partial charge in [0.25, 0.3) is 0 Å². The predicted molar refractivity (Wildman–Crippen MR) is 150 cm³/mol. The first kappa shape index (κ1) is 29.9. The van der Waals surface area contributed by atoms with Crippen LogP contribution in [-0.4, -0.2) is 43.8 Å². The van der Waals surface area contributed by atoms with Gasteiger partial charge in [0.15, 0.2) is 0 Å². The molecule has 1 atom stereocenters. The second-order valence-electron chi connectivity index (χ2n) is 10.9. The minimum atomic E-state index is -0.176. The second kappa shape index (κ2) is 17.2. The van der Waals surface area contributed by atoms with Gasteiger partial charge in [-0.2, -0.15) is 0 Å². The quantitative estimate of drug-likeness (QED) is 0.113. The van der Waals surface area contributed by atoms with Gasteiger partial charge in [0.05, 0.1) is 27.1 Å². The Balaban J connectivity index is 1.65. The van der Waals surface area contributed by atoms with E-state index in [4.69, 9.17) is 9.47 Å². The van der Waals surface area contributed by atoms with Crippen LogP contribution in [0.15, 0.2) is 54.6 Å². The number of carbonyl (C=O) groups is 1. The van der Waals surface area contributed by atoms with Crippen LogP contribution >= 0.6 is 0 Å². The third-order valence-corrected chi connectivity index (χ3v) is 6.70. The normalized spacial score (nSPS) is 12.3. The summed E-state index contributed by atoms with van der Waals surface area (Å²) >= 11 is 0. The second-order valence-corrected chi connectivity index (χ2v) is 10.9. The lowest BCUT2D eigenvalue weighted by atomic mass is 10.0. The summed E-state index contributed by atoms with van der Waals surface area (Å²) in [5, 5.41) is 0. The molecule has 0 saturated carbocycles. The average molecular weight is 497 g/mol. The Hall–Kier alpha value is -2.33. The number of quaternary nitrogens is 1. The van der Waals surface area contributed by atoms with Crippen LogP contribution in [0.1, 0.15) is 89.2 Å². The molecule has 2 aromatic rings. The van der Waals surface area contributed by atoms with E-state index in [1.165, 1.54) is 68.9 Å². The fraction of sp³-hybridized carbons (Fsp3) is 0.594. The molecule has 1 unspecified atom stereocenters. The summed E-state index contributed by atoms with van der Waals surface area (Å²) in [4.78, 5) is 12.4. The zero-order valence-corrected chi connectivity index (χ0v) is 23.3. The summed E-state index contributed by atoms with van der Waals surface area (Å²) < 4.78 is 12.5. The highest BCUT2D eigenvalue weighted by molar-refractivity contribution is 5.69.